The van der Waals surface area contributed by atoms with Gasteiger partial charge in [0.25, 0.3) is 0 Å². The van der Waals surface area contributed by atoms with Gasteiger partial charge in [-0.1, -0.05) is 54.6 Å². The Balaban J connectivity index is 1.93. The van der Waals surface area contributed by atoms with Crippen molar-refractivity contribution >= 4 is 9.84 Å². The van der Waals surface area contributed by atoms with Crippen LogP contribution in [-0.4, -0.2) is 20.0 Å². The zero-order chi connectivity index (χ0) is 22.7. The Hall–Kier alpha value is -3.42. The topological polar surface area (TPSA) is 95.4 Å². The number of hydrogen-bond acceptors (Lipinski definition) is 6. The van der Waals surface area contributed by atoms with E-state index in [1.165, 1.54) is 12.1 Å². The highest BCUT2D eigenvalue weighted by Crippen LogP contribution is 2.37. The Labute approximate surface area is 187 Å². The maximum Gasteiger partial charge on any atom is 0.227 e. The van der Waals surface area contributed by atoms with E-state index < -0.39 is 15.9 Å². The van der Waals surface area contributed by atoms with Crippen LogP contribution < -0.4 is 10.5 Å². The first-order chi connectivity index (χ1) is 15.4. The molecule has 0 radical (unpaired) electrons. The summed E-state index contributed by atoms with van der Waals surface area (Å²) in [5, 5.41) is -0.194. The second-order valence-electron chi connectivity index (χ2n) is 7.27. The van der Waals surface area contributed by atoms with E-state index in [1.807, 2.05) is 50.2 Å². The zero-order valence-corrected chi connectivity index (χ0v) is 18.7. The van der Waals surface area contributed by atoms with Crippen molar-refractivity contribution in [2.45, 2.75) is 29.8 Å². The minimum atomic E-state index is -3.97. The normalized spacial score (nSPS) is 12.5. The first kappa shape index (κ1) is 21.8. The monoisotopic (exact) mass is 448 g/mol. The lowest BCUT2D eigenvalue weighted by atomic mass is 10.0. The molecule has 0 aliphatic carbocycles. The molecule has 4 aromatic rings. The summed E-state index contributed by atoms with van der Waals surface area (Å²) in [6.45, 7) is 4.23. The number of sulfone groups is 1. The smallest absolute Gasteiger partial charge is 0.227 e. The molecule has 4 rings (SSSR count). The molecule has 0 bridgehead atoms. The number of para-hydroxylation sites is 1. The largest absolute Gasteiger partial charge is 0.494 e. The molecule has 0 amide bonds. The maximum absolute atomic E-state index is 13.5. The van der Waals surface area contributed by atoms with Gasteiger partial charge in [-0.25, -0.2) is 8.42 Å². The number of rotatable bonds is 7. The Morgan fingerprint density at radius 3 is 2.34 bits per heavy atom. The highest BCUT2D eigenvalue weighted by Gasteiger charge is 2.33. The second kappa shape index (κ2) is 8.98. The van der Waals surface area contributed by atoms with Crippen molar-refractivity contribution in [2.75, 3.05) is 6.61 Å². The van der Waals surface area contributed by atoms with Gasteiger partial charge in [-0.05, 0) is 43.7 Å². The number of aromatic nitrogens is 1. The van der Waals surface area contributed by atoms with Crippen molar-refractivity contribution in [3.05, 3.63) is 95.7 Å². The van der Waals surface area contributed by atoms with Crippen LogP contribution in [0.4, 0.5) is 0 Å². The lowest BCUT2D eigenvalue weighted by Gasteiger charge is -2.15. The van der Waals surface area contributed by atoms with E-state index in [0.717, 1.165) is 5.56 Å². The van der Waals surface area contributed by atoms with Crippen molar-refractivity contribution in [3.63, 3.8) is 0 Å². The molecular weight excluding hydrogens is 424 g/mol. The van der Waals surface area contributed by atoms with Gasteiger partial charge < -0.3 is 14.9 Å². The quantitative estimate of drug-likeness (QED) is 0.431. The van der Waals surface area contributed by atoms with E-state index in [-0.39, 0.29) is 21.6 Å². The average molecular weight is 449 g/mol. The fraction of sp³-hybridized carbons (Fsp3) is 0.160. The van der Waals surface area contributed by atoms with Crippen LogP contribution in [0.5, 0.6) is 5.75 Å². The molecule has 1 unspecified atom stereocenters. The van der Waals surface area contributed by atoms with E-state index in [4.69, 9.17) is 14.9 Å². The van der Waals surface area contributed by atoms with Crippen molar-refractivity contribution < 1.29 is 17.6 Å². The summed E-state index contributed by atoms with van der Waals surface area (Å²) >= 11 is 0. The minimum Gasteiger partial charge on any atom is -0.494 e. The van der Waals surface area contributed by atoms with Crippen LogP contribution in [0.25, 0.3) is 11.5 Å². The molecule has 1 atom stereocenters. The standard InChI is InChI=1S/C25H24N2O4S/c1-3-30-21-16-10-9-15-20(21)22(26)23-25(32(28,29)18-12-5-4-6-13-18)27-24(31-23)19-14-8-7-11-17(19)2/h4-16,22H,3,26H2,1-2H3. The molecular formula is C25H24N2O4S. The van der Waals surface area contributed by atoms with Gasteiger partial charge in [-0.15, -0.1) is 0 Å². The molecule has 0 spiro atoms. The minimum absolute atomic E-state index is 0.0688. The van der Waals surface area contributed by atoms with Gasteiger partial charge in [0, 0.05) is 11.1 Å². The van der Waals surface area contributed by atoms with Crippen LogP contribution in [0.1, 0.15) is 29.9 Å². The van der Waals surface area contributed by atoms with Crippen LogP contribution in [0.15, 0.2) is 93.2 Å². The highest BCUT2D eigenvalue weighted by atomic mass is 32.2. The molecule has 0 fully saturated rings. The lowest BCUT2D eigenvalue weighted by Crippen LogP contribution is -2.16. The molecule has 3 aromatic carbocycles. The van der Waals surface area contributed by atoms with E-state index >= 15 is 0 Å². The lowest BCUT2D eigenvalue weighted by molar-refractivity contribution is 0.333. The number of ether oxygens (including phenoxy) is 1. The van der Waals surface area contributed by atoms with Crippen LogP contribution in [0.2, 0.25) is 0 Å². The molecule has 1 heterocycles. The van der Waals surface area contributed by atoms with Crippen LogP contribution in [0, 0.1) is 6.92 Å². The van der Waals surface area contributed by atoms with E-state index in [1.54, 1.807) is 30.3 Å². The predicted octanol–water partition coefficient (Wildman–Crippen LogP) is 4.93. The number of benzene rings is 3. The summed E-state index contributed by atoms with van der Waals surface area (Å²) in [4.78, 5) is 4.56. The van der Waals surface area contributed by atoms with E-state index in [9.17, 15) is 8.42 Å². The summed E-state index contributed by atoms with van der Waals surface area (Å²) < 4.78 is 38.8. The molecule has 6 nitrogen and oxygen atoms in total. The molecule has 0 saturated carbocycles. The third kappa shape index (κ3) is 4.04. The molecule has 0 aliphatic rings. The predicted molar refractivity (Wildman–Crippen MR) is 122 cm³/mol. The Bertz CT molecular complexity index is 1330. The van der Waals surface area contributed by atoms with Gasteiger partial charge in [-0.3, -0.25) is 0 Å². The average Bonchev–Trinajstić information content (AvgIpc) is 3.26. The fourth-order valence-electron chi connectivity index (χ4n) is 3.51. The zero-order valence-electron chi connectivity index (χ0n) is 17.9. The van der Waals surface area contributed by atoms with Gasteiger partial charge in [0.1, 0.15) is 5.75 Å². The van der Waals surface area contributed by atoms with Gasteiger partial charge in [0.05, 0.1) is 17.5 Å². The number of aryl methyl sites for hydroxylation is 1. The van der Waals surface area contributed by atoms with Gasteiger partial charge in [-0.2, -0.15) is 4.98 Å². The fourth-order valence-corrected chi connectivity index (χ4v) is 4.89. The van der Waals surface area contributed by atoms with Gasteiger partial charge in [0.15, 0.2) is 5.76 Å². The van der Waals surface area contributed by atoms with Crippen molar-refractivity contribution in [1.82, 2.24) is 4.98 Å². The molecule has 0 saturated heterocycles. The third-order valence-electron chi connectivity index (χ3n) is 5.14. The molecule has 32 heavy (non-hydrogen) atoms. The van der Waals surface area contributed by atoms with Crippen molar-refractivity contribution in [1.29, 1.82) is 0 Å². The summed E-state index contributed by atoms with van der Waals surface area (Å²) in [7, 11) is -3.97. The van der Waals surface area contributed by atoms with Crippen LogP contribution in [-0.2, 0) is 9.84 Å². The summed E-state index contributed by atoms with van der Waals surface area (Å²) in [5.41, 5.74) is 8.80. The number of hydrogen-bond donors (Lipinski definition) is 1. The summed E-state index contributed by atoms with van der Waals surface area (Å²) in [5.74, 6) is 0.843. The third-order valence-corrected chi connectivity index (χ3v) is 6.83. The first-order valence-electron chi connectivity index (χ1n) is 10.3. The van der Waals surface area contributed by atoms with Crippen molar-refractivity contribution in [3.8, 4) is 17.2 Å². The SMILES string of the molecule is CCOc1ccccc1C(N)c1oc(-c2ccccc2C)nc1S(=O)(=O)c1ccccc1. The molecule has 7 heteroatoms. The second-order valence-corrected chi connectivity index (χ2v) is 9.13. The van der Waals surface area contributed by atoms with E-state index in [0.29, 0.717) is 23.5 Å². The summed E-state index contributed by atoms with van der Waals surface area (Å²) in [6.07, 6.45) is 0. The Kier molecular flexibility index (Phi) is 6.12. The summed E-state index contributed by atoms with van der Waals surface area (Å²) in [6, 6.07) is 22.0. The number of oxazole rings is 1. The van der Waals surface area contributed by atoms with Crippen LogP contribution >= 0.6 is 0 Å². The number of nitrogens with zero attached hydrogens (tertiary/aromatic N) is 1. The molecule has 0 aliphatic heterocycles. The highest BCUT2D eigenvalue weighted by molar-refractivity contribution is 7.91. The molecule has 164 valence electrons. The van der Waals surface area contributed by atoms with Gasteiger partial charge in [0.2, 0.25) is 20.8 Å². The van der Waals surface area contributed by atoms with Crippen LogP contribution in [0.3, 0.4) is 0 Å². The molecule has 1 aromatic heterocycles. The first-order valence-corrected chi connectivity index (χ1v) is 11.8. The van der Waals surface area contributed by atoms with Crippen molar-refractivity contribution in [2.24, 2.45) is 5.73 Å². The van der Waals surface area contributed by atoms with E-state index in [2.05, 4.69) is 4.98 Å². The van der Waals surface area contributed by atoms with Gasteiger partial charge >= 0.3 is 0 Å². The Morgan fingerprint density at radius 1 is 0.969 bits per heavy atom. The molecule has 2 N–H and O–H groups in total. The maximum atomic E-state index is 13.5. The Morgan fingerprint density at radius 2 is 1.62 bits per heavy atom. The number of nitrogens with two attached hydrogens (primary N) is 1.